The Balaban J connectivity index is 1.83. The van der Waals surface area contributed by atoms with Gasteiger partial charge in [-0.15, -0.1) is 0 Å². The third kappa shape index (κ3) is 2.00. The lowest BCUT2D eigenvalue weighted by molar-refractivity contribution is -0.117. The maximum atomic E-state index is 11.8. The van der Waals surface area contributed by atoms with Crippen LogP contribution in [0, 0.1) is 11.8 Å². The molecular formula is C14H14N2O. The molecule has 1 amide bonds. The quantitative estimate of drug-likeness (QED) is 0.855. The Kier molecular flexibility index (Phi) is 2.32. The molecule has 3 rings (SSSR count). The van der Waals surface area contributed by atoms with E-state index in [9.17, 15) is 4.79 Å². The summed E-state index contributed by atoms with van der Waals surface area (Å²) in [5, 5.41) is 5.15. The maximum absolute atomic E-state index is 11.8. The molecule has 0 aliphatic heterocycles. The predicted molar refractivity (Wildman–Crippen MR) is 67.6 cm³/mol. The Bertz CT molecular complexity index is 579. The number of carbonyl (C=O) groups excluding carboxylic acids is 1. The summed E-state index contributed by atoms with van der Waals surface area (Å²) in [6.07, 6.45) is 4.60. The van der Waals surface area contributed by atoms with Crippen LogP contribution < -0.4 is 5.32 Å². The van der Waals surface area contributed by atoms with Crippen LogP contribution in [-0.4, -0.2) is 10.9 Å². The minimum absolute atomic E-state index is 0.144. The van der Waals surface area contributed by atoms with Crippen molar-refractivity contribution in [1.29, 1.82) is 0 Å². The number of aromatic nitrogens is 1. The highest BCUT2D eigenvalue weighted by atomic mass is 16.2. The van der Waals surface area contributed by atoms with Crippen LogP contribution >= 0.6 is 0 Å². The summed E-state index contributed by atoms with van der Waals surface area (Å²) in [7, 11) is 0. The lowest BCUT2D eigenvalue weighted by Gasteiger charge is -2.05. The van der Waals surface area contributed by atoms with Crippen molar-refractivity contribution >= 4 is 22.4 Å². The second-order valence-corrected chi connectivity index (χ2v) is 4.75. The first kappa shape index (κ1) is 10.3. The van der Waals surface area contributed by atoms with Crippen LogP contribution in [0.5, 0.6) is 0 Å². The summed E-state index contributed by atoms with van der Waals surface area (Å²) in [5.41, 5.74) is 0.868. The van der Waals surface area contributed by atoms with Crippen molar-refractivity contribution in [3.8, 4) is 0 Å². The van der Waals surface area contributed by atoms with Crippen molar-refractivity contribution < 1.29 is 4.79 Å². The van der Waals surface area contributed by atoms with E-state index in [1.807, 2.05) is 30.5 Å². The molecular weight excluding hydrogens is 212 g/mol. The number of anilines is 1. The van der Waals surface area contributed by atoms with Crippen molar-refractivity contribution in [1.82, 2.24) is 4.98 Å². The number of nitrogens with one attached hydrogen (secondary N) is 1. The molecule has 3 nitrogen and oxygen atoms in total. The molecule has 0 spiro atoms. The van der Waals surface area contributed by atoms with Crippen LogP contribution in [-0.2, 0) is 4.79 Å². The number of fused-ring (bicyclic) bond motifs is 1. The lowest BCUT2D eigenvalue weighted by atomic mass is 10.1. The van der Waals surface area contributed by atoms with Gasteiger partial charge in [-0.3, -0.25) is 9.78 Å². The largest absolute Gasteiger partial charge is 0.326 e. The molecule has 0 radical (unpaired) electrons. The van der Waals surface area contributed by atoms with Gasteiger partial charge in [-0.05, 0) is 35.9 Å². The highest BCUT2D eigenvalue weighted by molar-refractivity contribution is 5.96. The van der Waals surface area contributed by atoms with Crippen LogP contribution in [0.15, 0.2) is 36.7 Å². The monoisotopic (exact) mass is 226 g/mol. The van der Waals surface area contributed by atoms with Crippen LogP contribution in [0.25, 0.3) is 10.8 Å². The molecule has 86 valence electrons. The molecule has 0 saturated heterocycles. The molecule has 2 unspecified atom stereocenters. The second kappa shape index (κ2) is 3.84. The van der Waals surface area contributed by atoms with E-state index in [1.54, 1.807) is 6.20 Å². The molecule has 17 heavy (non-hydrogen) atoms. The maximum Gasteiger partial charge on any atom is 0.227 e. The molecule has 1 saturated carbocycles. The lowest BCUT2D eigenvalue weighted by Crippen LogP contribution is -2.14. The van der Waals surface area contributed by atoms with Gasteiger partial charge < -0.3 is 5.32 Å². The number of carbonyl (C=O) groups is 1. The number of pyridine rings is 1. The van der Waals surface area contributed by atoms with Crippen molar-refractivity contribution in [2.24, 2.45) is 11.8 Å². The number of amides is 1. The van der Waals surface area contributed by atoms with Crippen molar-refractivity contribution in [3.63, 3.8) is 0 Å². The fourth-order valence-corrected chi connectivity index (χ4v) is 2.08. The normalized spacial score (nSPS) is 22.4. The van der Waals surface area contributed by atoms with Gasteiger partial charge in [0, 0.05) is 29.4 Å². The van der Waals surface area contributed by atoms with Gasteiger partial charge in [-0.25, -0.2) is 0 Å². The first-order chi connectivity index (χ1) is 8.24. The van der Waals surface area contributed by atoms with Crippen molar-refractivity contribution in [3.05, 3.63) is 36.7 Å². The summed E-state index contributed by atoms with van der Waals surface area (Å²) >= 11 is 0. The zero-order chi connectivity index (χ0) is 11.8. The Morgan fingerprint density at radius 1 is 1.35 bits per heavy atom. The average Bonchev–Trinajstić information content (AvgIpc) is 3.06. The van der Waals surface area contributed by atoms with E-state index in [0.717, 1.165) is 22.9 Å². The van der Waals surface area contributed by atoms with Gasteiger partial charge in [-0.2, -0.15) is 0 Å². The highest BCUT2D eigenvalue weighted by Crippen LogP contribution is 2.38. The predicted octanol–water partition coefficient (Wildman–Crippen LogP) is 2.83. The van der Waals surface area contributed by atoms with Crippen LogP contribution in [0.4, 0.5) is 5.69 Å². The van der Waals surface area contributed by atoms with E-state index in [2.05, 4.69) is 17.2 Å². The van der Waals surface area contributed by atoms with E-state index >= 15 is 0 Å². The first-order valence-electron chi connectivity index (χ1n) is 5.89. The van der Waals surface area contributed by atoms with Gasteiger partial charge in [-0.1, -0.05) is 13.0 Å². The molecule has 1 fully saturated rings. The molecule has 2 atom stereocenters. The number of hydrogen-bond donors (Lipinski definition) is 1. The third-order valence-corrected chi connectivity index (χ3v) is 3.35. The molecule has 1 heterocycles. The zero-order valence-corrected chi connectivity index (χ0v) is 9.68. The first-order valence-corrected chi connectivity index (χ1v) is 5.89. The molecule has 0 bridgehead atoms. The second-order valence-electron chi connectivity index (χ2n) is 4.75. The zero-order valence-electron chi connectivity index (χ0n) is 9.68. The summed E-state index contributed by atoms with van der Waals surface area (Å²) in [6.45, 7) is 2.11. The Morgan fingerprint density at radius 2 is 2.18 bits per heavy atom. The van der Waals surface area contributed by atoms with E-state index in [1.165, 1.54) is 0 Å². The van der Waals surface area contributed by atoms with E-state index in [4.69, 9.17) is 0 Å². The molecule has 2 aromatic rings. The van der Waals surface area contributed by atoms with E-state index < -0.39 is 0 Å². The topological polar surface area (TPSA) is 42.0 Å². The summed E-state index contributed by atoms with van der Waals surface area (Å²) in [4.78, 5) is 15.9. The van der Waals surface area contributed by atoms with Crippen LogP contribution in [0.2, 0.25) is 0 Å². The SMILES string of the molecule is CC1CC1C(=O)Nc1ccc2cnccc2c1. The molecule has 1 aromatic heterocycles. The average molecular weight is 226 g/mol. The summed E-state index contributed by atoms with van der Waals surface area (Å²) in [5.74, 6) is 0.897. The molecule has 3 heteroatoms. The smallest absolute Gasteiger partial charge is 0.227 e. The summed E-state index contributed by atoms with van der Waals surface area (Å²) < 4.78 is 0. The van der Waals surface area contributed by atoms with Crippen molar-refractivity contribution in [2.45, 2.75) is 13.3 Å². The van der Waals surface area contributed by atoms with Crippen LogP contribution in [0.1, 0.15) is 13.3 Å². The highest BCUT2D eigenvalue weighted by Gasteiger charge is 2.38. The minimum Gasteiger partial charge on any atom is -0.326 e. The molecule has 1 aromatic carbocycles. The van der Waals surface area contributed by atoms with Gasteiger partial charge in [0.2, 0.25) is 5.91 Å². The number of rotatable bonds is 2. The number of hydrogen-bond acceptors (Lipinski definition) is 2. The van der Waals surface area contributed by atoms with E-state index in [0.29, 0.717) is 5.92 Å². The molecule has 1 aliphatic rings. The summed E-state index contributed by atoms with van der Waals surface area (Å²) in [6, 6.07) is 7.84. The Hall–Kier alpha value is -1.90. The van der Waals surface area contributed by atoms with Crippen LogP contribution in [0.3, 0.4) is 0 Å². The third-order valence-electron chi connectivity index (χ3n) is 3.35. The number of nitrogens with zero attached hydrogens (tertiary/aromatic N) is 1. The Labute approximate surface area is 99.9 Å². The van der Waals surface area contributed by atoms with Gasteiger partial charge in [0.15, 0.2) is 0 Å². The van der Waals surface area contributed by atoms with Gasteiger partial charge in [0.05, 0.1) is 0 Å². The minimum atomic E-state index is 0.144. The van der Waals surface area contributed by atoms with Crippen molar-refractivity contribution in [2.75, 3.05) is 5.32 Å². The standard InChI is InChI=1S/C14H14N2O/c1-9-6-13(9)14(17)16-12-3-2-11-8-15-5-4-10(11)7-12/h2-5,7-9,13H,6H2,1H3,(H,16,17). The fraction of sp³-hybridized carbons (Fsp3) is 0.286. The fourth-order valence-electron chi connectivity index (χ4n) is 2.08. The number of benzene rings is 1. The van der Waals surface area contributed by atoms with Gasteiger partial charge in [0.1, 0.15) is 0 Å². The van der Waals surface area contributed by atoms with E-state index in [-0.39, 0.29) is 11.8 Å². The molecule has 1 aliphatic carbocycles. The molecule has 1 N–H and O–H groups in total. The van der Waals surface area contributed by atoms with Gasteiger partial charge >= 0.3 is 0 Å². The van der Waals surface area contributed by atoms with Gasteiger partial charge in [0.25, 0.3) is 0 Å². The Morgan fingerprint density at radius 3 is 2.94 bits per heavy atom.